The Morgan fingerprint density at radius 3 is 2.70 bits per heavy atom. The number of hydrogen-bond acceptors (Lipinski definition) is 7. The Kier molecular flexibility index (Phi) is 7.45. The zero-order valence-electron chi connectivity index (χ0n) is 16.2. The smallest absolute Gasteiger partial charge is 0.270 e. The summed E-state index contributed by atoms with van der Waals surface area (Å²) in [4.78, 5) is 26.5. The molecule has 0 spiro atoms. The highest BCUT2D eigenvalue weighted by Crippen LogP contribution is 2.37. The summed E-state index contributed by atoms with van der Waals surface area (Å²) >= 11 is 6.61. The van der Waals surface area contributed by atoms with E-state index in [2.05, 4.69) is 5.32 Å². The third-order valence-electron chi connectivity index (χ3n) is 4.09. The van der Waals surface area contributed by atoms with E-state index in [1.54, 1.807) is 24.3 Å². The molecule has 0 bridgehead atoms. The van der Waals surface area contributed by atoms with Gasteiger partial charge >= 0.3 is 0 Å². The lowest BCUT2D eigenvalue weighted by molar-refractivity contribution is -0.123. The van der Waals surface area contributed by atoms with Gasteiger partial charge in [0, 0.05) is 6.54 Å². The van der Waals surface area contributed by atoms with E-state index < -0.39 is 0 Å². The van der Waals surface area contributed by atoms with Crippen molar-refractivity contribution in [3.63, 3.8) is 0 Å². The van der Waals surface area contributed by atoms with Gasteiger partial charge in [0.2, 0.25) is 0 Å². The number of aliphatic hydroxyl groups excluding tert-OH is 1. The topological polar surface area (TPSA) is 88.1 Å². The number of rotatable bonds is 8. The molecular weight excluding hydrogens is 424 g/mol. The van der Waals surface area contributed by atoms with Gasteiger partial charge in [0.25, 0.3) is 11.8 Å². The van der Waals surface area contributed by atoms with E-state index in [4.69, 9.17) is 26.8 Å². The Morgan fingerprint density at radius 1 is 1.23 bits per heavy atom. The van der Waals surface area contributed by atoms with E-state index in [1.807, 2.05) is 30.3 Å². The normalized spacial score (nSPS) is 14.9. The molecule has 30 heavy (non-hydrogen) atoms. The number of ether oxygens (including phenoxy) is 2. The van der Waals surface area contributed by atoms with Gasteiger partial charge in [-0.25, -0.2) is 0 Å². The van der Waals surface area contributed by atoms with Gasteiger partial charge in [-0.1, -0.05) is 48.2 Å². The molecule has 0 radical (unpaired) electrons. The van der Waals surface area contributed by atoms with Crippen LogP contribution in [0.2, 0.25) is 0 Å². The number of aliphatic hydroxyl groups is 1. The summed E-state index contributed by atoms with van der Waals surface area (Å²) in [5.41, 5.74) is 1.46. The first-order valence-electron chi connectivity index (χ1n) is 9.05. The van der Waals surface area contributed by atoms with Crippen molar-refractivity contribution in [3.05, 3.63) is 59.0 Å². The number of carbonyl (C=O) groups excluding carboxylic acids is 2. The summed E-state index contributed by atoms with van der Waals surface area (Å²) < 4.78 is 11.3. The average molecular weight is 445 g/mol. The first kappa shape index (κ1) is 21.8. The summed E-state index contributed by atoms with van der Waals surface area (Å²) in [5, 5.41) is 11.2. The SMILES string of the molecule is COc1cc(C=C2SC(=S)N(c3ccccc3)C2=O)ccc1OCC(=O)NCCO. The van der Waals surface area contributed by atoms with Crippen molar-refractivity contribution < 1.29 is 24.2 Å². The molecular formula is C21H20N2O5S2. The van der Waals surface area contributed by atoms with E-state index in [-0.39, 0.29) is 31.6 Å². The number of amides is 2. The molecule has 2 aromatic carbocycles. The van der Waals surface area contributed by atoms with Crippen LogP contribution in [0.4, 0.5) is 5.69 Å². The first-order valence-corrected chi connectivity index (χ1v) is 10.3. The van der Waals surface area contributed by atoms with E-state index in [0.717, 1.165) is 11.3 Å². The lowest BCUT2D eigenvalue weighted by atomic mass is 10.2. The van der Waals surface area contributed by atoms with Crippen molar-refractivity contribution in [3.8, 4) is 11.5 Å². The van der Waals surface area contributed by atoms with E-state index in [0.29, 0.717) is 20.7 Å². The van der Waals surface area contributed by atoms with Crippen LogP contribution >= 0.6 is 24.0 Å². The standard InChI is InChI=1S/C21H20N2O5S2/c1-27-17-11-14(7-8-16(17)28-13-19(25)22-9-10-24)12-18-20(26)23(21(29)30-18)15-5-3-2-4-6-15/h2-8,11-12,24H,9-10,13H2,1H3,(H,22,25). The molecule has 0 aromatic heterocycles. The predicted octanol–water partition coefficient (Wildman–Crippen LogP) is 2.59. The van der Waals surface area contributed by atoms with Gasteiger partial charge in [-0.3, -0.25) is 14.5 Å². The molecule has 9 heteroatoms. The average Bonchev–Trinajstić information content (AvgIpc) is 3.04. The van der Waals surface area contributed by atoms with Crippen LogP contribution < -0.4 is 19.7 Å². The highest BCUT2D eigenvalue weighted by Gasteiger charge is 2.33. The van der Waals surface area contributed by atoms with Crippen molar-refractivity contribution in [2.45, 2.75) is 0 Å². The minimum Gasteiger partial charge on any atom is -0.493 e. The number of hydrogen-bond donors (Lipinski definition) is 2. The number of nitrogens with one attached hydrogen (secondary N) is 1. The van der Waals surface area contributed by atoms with E-state index in [1.165, 1.54) is 23.8 Å². The summed E-state index contributed by atoms with van der Waals surface area (Å²) in [7, 11) is 1.49. The lowest BCUT2D eigenvalue weighted by Gasteiger charge is -2.13. The van der Waals surface area contributed by atoms with E-state index in [9.17, 15) is 9.59 Å². The molecule has 2 aromatic rings. The summed E-state index contributed by atoms with van der Waals surface area (Å²) in [6, 6.07) is 14.4. The van der Waals surface area contributed by atoms with Crippen molar-refractivity contribution >= 4 is 51.9 Å². The maximum atomic E-state index is 12.8. The molecule has 1 aliphatic rings. The number of thioether (sulfide) groups is 1. The predicted molar refractivity (Wildman–Crippen MR) is 121 cm³/mol. The maximum Gasteiger partial charge on any atom is 0.270 e. The molecule has 1 saturated heterocycles. The highest BCUT2D eigenvalue weighted by molar-refractivity contribution is 8.27. The number of benzene rings is 2. The van der Waals surface area contributed by atoms with Crippen LogP contribution in [0.3, 0.4) is 0 Å². The molecule has 0 saturated carbocycles. The maximum absolute atomic E-state index is 12.8. The monoisotopic (exact) mass is 444 g/mol. The largest absolute Gasteiger partial charge is 0.493 e. The number of para-hydroxylation sites is 1. The minimum atomic E-state index is -0.347. The number of methoxy groups -OCH3 is 1. The zero-order chi connectivity index (χ0) is 21.5. The van der Waals surface area contributed by atoms with Gasteiger partial charge in [-0.2, -0.15) is 0 Å². The van der Waals surface area contributed by atoms with Crippen molar-refractivity contribution in [2.75, 3.05) is 31.8 Å². The van der Waals surface area contributed by atoms with Gasteiger partial charge in [0.05, 0.1) is 24.3 Å². The third kappa shape index (κ3) is 5.18. The molecule has 2 amide bonds. The van der Waals surface area contributed by atoms with Crippen LogP contribution in [0.5, 0.6) is 11.5 Å². The van der Waals surface area contributed by atoms with Crippen LogP contribution in [0, 0.1) is 0 Å². The van der Waals surface area contributed by atoms with E-state index >= 15 is 0 Å². The van der Waals surface area contributed by atoms with Crippen molar-refractivity contribution in [1.29, 1.82) is 0 Å². The molecule has 156 valence electrons. The number of nitrogens with zero attached hydrogens (tertiary/aromatic N) is 1. The van der Waals surface area contributed by atoms with Gasteiger partial charge < -0.3 is 19.9 Å². The quantitative estimate of drug-likeness (QED) is 0.478. The lowest BCUT2D eigenvalue weighted by Crippen LogP contribution is -2.31. The fourth-order valence-electron chi connectivity index (χ4n) is 2.70. The molecule has 1 aliphatic heterocycles. The van der Waals surface area contributed by atoms with Crippen LogP contribution in [0.25, 0.3) is 6.08 Å². The molecule has 0 unspecified atom stereocenters. The van der Waals surface area contributed by atoms with Crippen molar-refractivity contribution in [1.82, 2.24) is 5.32 Å². The first-order chi connectivity index (χ1) is 14.5. The van der Waals surface area contributed by atoms with Crippen LogP contribution in [0.15, 0.2) is 53.4 Å². The Hall–Kier alpha value is -2.88. The van der Waals surface area contributed by atoms with Gasteiger partial charge in [-0.05, 0) is 35.9 Å². The van der Waals surface area contributed by atoms with Crippen LogP contribution in [-0.2, 0) is 9.59 Å². The third-order valence-corrected chi connectivity index (χ3v) is 5.39. The summed E-state index contributed by atoms with van der Waals surface area (Å²) in [5.74, 6) is 0.290. The Balaban J connectivity index is 1.75. The number of anilines is 1. The second-order valence-electron chi connectivity index (χ2n) is 6.13. The summed E-state index contributed by atoms with van der Waals surface area (Å²) in [6.45, 7) is -0.175. The highest BCUT2D eigenvalue weighted by atomic mass is 32.2. The number of thiocarbonyl (C=S) groups is 1. The zero-order valence-corrected chi connectivity index (χ0v) is 17.8. The van der Waals surface area contributed by atoms with Crippen molar-refractivity contribution in [2.24, 2.45) is 0 Å². The van der Waals surface area contributed by atoms with Crippen LogP contribution in [0.1, 0.15) is 5.56 Å². The minimum absolute atomic E-state index is 0.139. The molecule has 1 heterocycles. The number of carbonyl (C=O) groups is 2. The second-order valence-corrected chi connectivity index (χ2v) is 7.80. The Labute approximate surface area is 183 Å². The van der Waals surface area contributed by atoms with Crippen LogP contribution in [-0.4, -0.2) is 48.1 Å². The molecule has 0 aliphatic carbocycles. The molecule has 2 N–H and O–H groups in total. The van der Waals surface area contributed by atoms with Gasteiger partial charge in [-0.15, -0.1) is 0 Å². The van der Waals surface area contributed by atoms with Gasteiger partial charge in [0.1, 0.15) is 0 Å². The molecule has 0 atom stereocenters. The van der Waals surface area contributed by atoms with Gasteiger partial charge in [0.15, 0.2) is 22.4 Å². The fraction of sp³-hybridized carbons (Fsp3) is 0.190. The molecule has 3 rings (SSSR count). The molecule has 7 nitrogen and oxygen atoms in total. The molecule has 1 fully saturated rings. The fourth-order valence-corrected chi connectivity index (χ4v) is 4.00. The Morgan fingerprint density at radius 2 is 2.00 bits per heavy atom. The Bertz CT molecular complexity index is 979. The second kappa shape index (κ2) is 10.2. The summed E-state index contributed by atoms with van der Waals surface area (Å²) in [6.07, 6.45) is 1.74.